The first-order valence-corrected chi connectivity index (χ1v) is 13.1. The molecule has 210 valence electrons. The molecule has 0 saturated heterocycles. The number of benzene rings is 4. The van der Waals surface area contributed by atoms with Crippen LogP contribution in [0.1, 0.15) is 35.1 Å². The van der Waals surface area contributed by atoms with E-state index in [1.165, 1.54) is 38.5 Å². The van der Waals surface area contributed by atoms with Crippen molar-refractivity contribution in [2.24, 2.45) is 0 Å². The Hall–Kier alpha value is -5.38. The Balaban J connectivity index is 1.61. The summed E-state index contributed by atoms with van der Waals surface area (Å²) < 4.78 is 10.7. The Bertz CT molecular complexity index is 1700. The fourth-order valence-corrected chi connectivity index (χ4v) is 6.84. The van der Waals surface area contributed by atoms with Crippen molar-refractivity contribution in [2.45, 2.75) is 23.7 Å². The summed E-state index contributed by atoms with van der Waals surface area (Å²) >= 11 is 0. The number of nitro groups is 2. The largest absolute Gasteiger partial charge is 0.468 e. The lowest BCUT2D eigenvalue weighted by Gasteiger charge is -2.35. The molecule has 2 unspecified atom stereocenters. The third-order valence-corrected chi connectivity index (χ3v) is 8.64. The summed E-state index contributed by atoms with van der Waals surface area (Å²) in [5, 5.41) is 23.6. The zero-order chi connectivity index (χ0) is 29.8. The second kappa shape index (κ2) is 9.62. The van der Waals surface area contributed by atoms with Gasteiger partial charge in [0.25, 0.3) is 11.4 Å². The minimum Gasteiger partial charge on any atom is -0.468 e. The summed E-state index contributed by atoms with van der Waals surface area (Å²) in [6, 6.07) is 23.2. The molecule has 0 bridgehead atoms. The molecule has 10 nitrogen and oxygen atoms in total. The van der Waals surface area contributed by atoms with Gasteiger partial charge in [0.05, 0.1) is 24.1 Å². The van der Waals surface area contributed by atoms with E-state index >= 15 is 0 Å². The van der Waals surface area contributed by atoms with E-state index in [0.29, 0.717) is 33.4 Å². The van der Waals surface area contributed by atoms with Gasteiger partial charge >= 0.3 is 11.9 Å². The Labute approximate surface area is 239 Å². The molecule has 4 aromatic rings. The van der Waals surface area contributed by atoms with Crippen molar-refractivity contribution in [1.82, 2.24) is 0 Å². The van der Waals surface area contributed by atoms with Gasteiger partial charge in [-0.05, 0) is 69.5 Å². The van der Waals surface area contributed by atoms with Crippen LogP contribution in [-0.2, 0) is 29.9 Å². The van der Waals surface area contributed by atoms with Crippen LogP contribution in [-0.4, -0.2) is 36.0 Å². The van der Waals surface area contributed by atoms with Gasteiger partial charge in [-0.25, -0.2) is 0 Å². The first-order chi connectivity index (χ1) is 20.2. The molecule has 0 aliphatic heterocycles. The maximum Gasteiger partial charge on any atom is 0.320 e. The lowest BCUT2D eigenvalue weighted by molar-refractivity contribution is -0.385. The van der Waals surface area contributed by atoms with Crippen LogP contribution >= 0.6 is 0 Å². The van der Waals surface area contributed by atoms with Gasteiger partial charge in [-0.15, -0.1) is 0 Å². The number of rotatable bonds is 7. The molecule has 0 amide bonds. The quantitative estimate of drug-likeness (QED) is 0.154. The lowest BCUT2D eigenvalue weighted by atomic mass is 9.67. The molecular weight excluding hydrogens is 540 g/mol. The van der Waals surface area contributed by atoms with Crippen molar-refractivity contribution < 1.29 is 28.9 Å². The van der Waals surface area contributed by atoms with Gasteiger partial charge in [-0.2, -0.15) is 0 Å². The van der Waals surface area contributed by atoms with E-state index in [-0.39, 0.29) is 24.2 Å². The molecule has 2 aliphatic carbocycles. The number of carbonyl (C=O) groups excluding carboxylic acids is 2. The van der Waals surface area contributed by atoms with E-state index < -0.39 is 32.6 Å². The second-order valence-corrected chi connectivity index (χ2v) is 10.4. The minimum absolute atomic E-state index is 0.0174. The Morgan fingerprint density at radius 3 is 1.31 bits per heavy atom. The van der Waals surface area contributed by atoms with Gasteiger partial charge in [-0.3, -0.25) is 29.8 Å². The fourth-order valence-electron chi connectivity index (χ4n) is 6.84. The Kier molecular flexibility index (Phi) is 6.14. The number of carbonyl (C=O) groups is 2. The van der Waals surface area contributed by atoms with Crippen LogP contribution in [0.3, 0.4) is 0 Å². The number of nitrogens with zero attached hydrogens (tertiary/aromatic N) is 2. The number of ether oxygens (including phenoxy) is 2. The molecule has 2 aliphatic rings. The standard InChI is InChI=1S/C32H24N2O8/c1-41-29(35)31(25-9-5-3-7-21(25)23-13-11-19(33(37)38)17-27(23)31)15-16-32(30(36)42-2)26-10-6-4-8-22(26)24-14-12-20(34(39)40)18-28(24)32/h3-14,17-18H,15-16H2,1-2H3. The number of non-ortho nitro benzene ring substituents is 2. The Morgan fingerprint density at radius 1 is 0.595 bits per heavy atom. The molecule has 0 spiro atoms. The van der Waals surface area contributed by atoms with Gasteiger partial charge < -0.3 is 9.47 Å². The SMILES string of the molecule is COC(=O)C1(CCC2(C(=O)OC)c3ccccc3-c3ccc([N+](=O)[O-])cc32)c2ccccc2-c2ccc([N+](=O)[O-])cc21. The average Bonchev–Trinajstić information content (AvgIpc) is 3.46. The molecule has 0 aromatic heterocycles. The van der Waals surface area contributed by atoms with Gasteiger partial charge in [-0.1, -0.05) is 48.5 Å². The van der Waals surface area contributed by atoms with Crippen LogP contribution in [0.5, 0.6) is 0 Å². The first kappa shape index (κ1) is 26.8. The normalized spacial score (nSPS) is 19.2. The van der Waals surface area contributed by atoms with Crippen LogP contribution in [0.15, 0.2) is 84.9 Å². The summed E-state index contributed by atoms with van der Waals surface area (Å²) in [5.41, 5.74) is 1.34. The predicted molar refractivity (Wildman–Crippen MR) is 152 cm³/mol. The maximum absolute atomic E-state index is 13.9. The zero-order valence-corrected chi connectivity index (χ0v) is 22.7. The van der Waals surface area contributed by atoms with Crippen molar-refractivity contribution in [3.63, 3.8) is 0 Å². The summed E-state index contributed by atoms with van der Waals surface area (Å²) in [5.74, 6) is -1.28. The monoisotopic (exact) mass is 564 g/mol. The van der Waals surface area contributed by atoms with Crippen LogP contribution in [0.4, 0.5) is 11.4 Å². The molecule has 2 atom stereocenters. The zero-order valence-electron chi connectivity index (χ0n) is 22.7. The molecule has 0 radical (unpaired) electrons. The maximum atomic E-state index is 13.9. The highest BCUT2D eigenvalue weighted by atomic mass is 16.6. The van der Waals surface area contributed by atoms with Gasteiger partial charge in [0.1, 0.15) is 10.8 Å². The van der Waals surface area contributed by atoms with Gasteiger partial charge in [0, 0.05) is 24.3 Å². The molecule has 0 fully saturated rings. The smallest absolute Gasteiger partial charge is 0.320 e. The number of methoxy groups -OCH3 is 2. The molecule has 6 rings (SSSR count). The van der Waals surface area contributed by atoms with E-state index in [4.69, 9.17) is 9.47 Å². The molecular formula is C32H24N2O8. The first-order valence-electron chi connectivity index (χ1n) is 13.1. The highest BCUT2D eigenvalue weighted by Gasteiger charge is 2.56. The van der Waals surface area contributed by atoms with Crippen molar-refractivity contribution >= 4 is 23.3 Å². The summed E-state index contributed by atoms with van der Waals surface area (Å²) in [6.07, 6.45) is -0.0349. The van der Waals surface area contributed by atoms with Crippen molar-refractivity contribution in [3.05, 3.63) is 127 Å². The molecule has 0 saturated carbocycles. The number of hydrogen-bond acceptors (Lipinski definition) is 8. The number of esters is 2. The topological polar surface area (TPSA) is 139 Å². The molecule has 4 aromatic carbocycles. The van der Waals surface area contributed by atoms with E-state index in [9.17, 15) is 29.8 Å². The van der Waals surface area contributed by atoms with Gasteiger partial charge in [0.2, 0.25) is 0 Å². The van der Waals surface area contributed by atoms with E-state index in [1.54, 1.807) is 36.4 Å². The van der Waals surface area contributed by atoms with Crippen LogP contribution in [0.25, 0.3) is 22.3 Å². The second-order valence-electron chi connectivity index (χ2n) is 10.4. The van der Waals surface area contributed by atoms with Crippen molar-refractivity contribution in [1.29, 1.82) is 0 Å². The van der Waals surface area contributed by atoms with E-state index in [0.717, 1.165) is 11.1 Å². The molecule has 10 heteroatoms. The highest BCUT2D eigenvalue weighted by molar-refractivity contribution is 6.00. The molecule has 42 heavy (non-hydrogen) atoms. The van der Waals surface area contributed by atoms with Crippen molar-refractivity contribution in [3.8, 4) is 22.3 Å². The predicted octanol–water partition coefficient (Wildman–Crippen LogP) is 5.86. The minimum atomic E-state index is -1.51. The Morgan fingerprint density at radius 2 is 0.952 bits per heavy atom. The van der Waals surface area contributed by atoms with Crippen LogP contribution in [0.2, 0.25) is 0 Å². The van der Waals surface area contributed by atoms with E-state index in [1.807, 2.05) is 24.3 Å². The number of hydrogen-bond donors (Lipinski definition) is 0. The fraction of sp³-hybridized carbons (Fsp3) is 0.188. The molecule has 0 heterocycles. The third kappa shape index (κ3) is 3.51. The summed E-state index contributed by atoms with van der Waals surface area (Å²) in [4.78, 5) is 50.4. The van der Waals surface area contributed by atoms with Crippen LogP contribution < -0.4 is 0 Å². The third-order valence-electron chi connectivity index (χ3n) is 8.64. The average molecular weight is 565 g/mol. The summed E-state index contributed by atoms with van der Waals surface area (Å²) in [6.45, 7) is 0. The highest BCUT2D eigenvalue weighted by Crippen LogP contribution is 2.58. The number of fused-ring (bicyclic) bond motifs is 6. The number of nitro benzene ring substituents is 2. The van der Waals surface area contributed by atoms with Crippen molar-refractivity contribution in [2.75, 3.05) is 14.2 Å². The van der Waals surface area contributed by atoms with E-state index in [2.05, 4.69) is 0 Å². The summed E-state index contributed by atoms with van der Waals surface area (Å²) in [7, 11) is 2.50. The molecule has 0 N–H and O–H groups in total. The lowest BCUT2D eigenvalue weighted by Crippen LogP contribution is -2.42. The van der Waals surface area contributed by atoms with Crippen LogP contribution in [0, 0.1) is 20.2 Å². The van der Waals surface area contributed by atoms with Gasteiger partial charge in [0.15, 0.2) is 0 Å².